The molecule has 7 heteroatoms. The van der Waals surface area contributed by atoms with Crippen LogP contribution >= 0.6 is 24.0 Å². The minimum Gasteiger partial charge on any atom is -0.378 e. The van der Waals surface area contributed by atoms with Crippen LogP contribution in [-0.4, -0.2) is 41.5 Å². The summed E-state index contributed by atoms with van der Waals surface area (Å²) in [6.45, 7) is 9.44. The Labute approximate surface area is 175 Å². The first-order valence-corrected chi connectivity index (χ1v) is 9.74. The Balaban J connectivity index is 0.00000338. The number of rotatable bonds is 8. The molecule has 6 nitrogen and oxygen atoms in total. The lowest BCUT2D eigenvalue weighted by Gasteiger charge is -2.22. The Morgan fingerprint density at radius 1 is 1.23 bits per heavy atom. The van der Waals surface area contributed by atoms with Gasteiger partial charge in [0.05, 0.1) is 18.3 Å². The molecule has 0 spiro atoms. The van der Waals surface area contributed by atoms with Gasteiger partial charge in [0, 0.05) is 38.0 Å². The van der Waals surface area contributed by atoms with Gasteiger partial charge in [-0.2, -0.15) is 5.10 Å². The van der Waals surface area contributed by atoms with Gasteiger partial charge in [0.25, 0.3) is 0 Å². The molecule has 2 rings (SSSR count). The van der Waals surface area contributed by atoms with Gasteiger partial charge < -0.3 is 15.4 Å². The predicted molar refractivity (Wildman–Crippen MR) is 118 cm³/mol. The smallest absolute Gasteiger partial charge is 0.191 e. The van der Waals surface area contributed by atoms with Crippen LogP contribution in [0.1, 0.15) is 62.4 Å². The van der Waals surface area contributed by atoms with E-state index in [4.69, 9.17) is 9.73 Å². The summed E-state index contributed by atoms with van der Waals surface area (Å²) in [4.78, 5) is 4.71. The number of aliphatic imine (C=N–C) groups is 1. The lowest BCUT2D eigenvalue weighted by Crippen LogP contribution is -2.38. The van der Waals surface area contributed by atoms with Crippen LogP contribution in [0.5, 0.6) is 0 Å². The van der Waals surface area contributed by atoms with E-state index in [2.05, 4.69) is 29.6 Å². The predicted octanol–water partition coefficient (Wildman–Crippen LogP) is 3.45. The van der Waals surface area contributed by atoms with Gasteiger partial charge in [0.2, 0.25) is 0 Å². The summed E-state index contributed by atoms with van der Waals surface area (Å²) in [5.41, 5.74) is 3.44. The first-order valence-electron chi connectivity index (χ1n) is 9.74. The average Bonchev–Trinajstić information content (AvgIpc) is 2.85. The van der Waals surface area contributed by atoms with Crippen LogP contribution in [0.4, 0.5) is 0 Å². The molecule has 0 amide bonds. The van der Waals surface area contributed by atoms with Crippen molar-refractivity contribution in [3.05, 3.63) is 17.0 Å². The van der Waals surface area contributed by atoms with Gasteiger partial charge in [-0.15, -0.1) is 24.0 Å². The molecule has 0 aromatic carbocycles. The van der Waals surface area contributed by atoms with E-state index in [9.17, 15) is 0 Å². The molecule has 26 heavy (non-hydrogen) atoms. The fourth-order valence-electron chi connectivity index (χ4n) is 3.31. The van der Waals surface area contributed by atoms with Crippen molar-refractivity contribution < 1.29 is 4.74 Å². The van der Waals surface area contributed by atoms with Crippen LogP contribution < -0.4 is 10.6 Å². The van der Waals surface area contributed by atoms with Crippen molar-refractivity contribution in [1.82, 2.24) is 20.4 Å². The Kier molecular flexibility index (Phi) is 11.2. The summed E-state index contributed by atoms with van der Waals surface area (Å²) in [7, 11) is 1.98. The summed E-state index contributed by atoms with van der Waals surface area (Å²) < 4.78 is 7.90. The minimum atomic E-state index is 0. The molecule has 0 unspecified atom stereocenters. The zero-order valence-electron chi connectivity index (χ0n) is 16.8. The molecule has 1 heterocycles. The Morgan fingerprint density at radius 2 is 1.96 bits per heavy atom. The molecular formula is C19H36IN5O. The molecule has 0 aliphatic heterocycles. The van der Waals surface area contributed by atoms with Gasteiger partial charge in [-0.3, -0.25) is 4.68 Å². The highest BCUT2D eigenvalue weighted by Crippen LogP contribution is 2.20. The monoisotopic (exact) mass is 477 g/mol. The van der Waals surface area contributed by atoms with Gasteiger partial charge in [-0.05, 0) is 40.0 Å². The van der Waals surface area contributed by atoms with E-state index in [1.807, 2.05) is 18.7 Å². The third kappa shape index (κ3) is 7.42. The fourth-order valence-corrected chi connectivity index (χ4v) is 3.31. The zero-order valence-corrected chi connectivity index (χ0v) is 19.1. The van der Waals surface area contributed by atoms with Crippen molar-refractivity contribution in [3.8, 4) is 0 Å². The van der Waals surface area contributed by atoms with E-state index in [1.54, 1.807) is 0 Å². The molecule has 1 aliphatic rings. The van der Waals surface area contributed by atoms with Gasteiger partial charge in [-0.1, -0.05) is 19.3 Å². The van der Waals surface area contributed by atoms with E-state index < -0.39 is 0 Å². The van der Waals surface area contributed by atoms with Gasteiger partial charge in [0.1, 0.15) is 0 Å². The normalized spacial score (nSPS) is 15.6. The topological polar surface area (TPSA) is 63.5 Å². The van der Waals surface area contributed by atoms with E-state index in [-0.39, 0.29) is 24.0 Å². The summed E-state index contributed by atoms with van der Waals surface area (Å²) in [5.74, 6) is 0.864. The number of nitrogens with zero attached hydrogens (tertiary/aromatic N) is 3. The van der Waals surface area contributed by atoms with Crippen molar-refractivity contribution in [2.45, 2.75) is 71.9 Å². The van der Waals surface area contributed by atoms with Crippen molar-refractivity contribution in [2.24, 2.45) is 12.0 Å². The molecule has 0 bridgehead atoms. The summed E-state index contributed by atoms with van der Waals surface area (Å²) in [5, 5.41) is 11.2. The van der Waals surface area contributed by atoms with Crippen LogP contribution in [0.3, 0.4) is 0 Å². The second-order valence-corrected chi connectivity index (χ2v) is 6.88. The van der Waals surface area contributed by atoms with Gasteiger partial charge in [0.15, 0.2) is 5.96 Å². The molecule has 1 aromatic rings. The van der Waals surface area contributed by atoms with E-state index >= 15 is 0 Å². The van der Waals surface area contributed by atoms with Crippen molar-refractivity contribution >= 4 is 29.9 Å². The first-order chi connectivity index (χ1) is 12.1. The number of hydrogen-bond acceptors (Lipinski definition) is 3. The number of hydrogen-bond donors (Lipinski definition) is 2. The molecule has 0 atom stereocenters. The lowest BCUT2D eigenvalue weighted by atomic mass is 9.98. The maximum Gasteiger partial charge on any atom is 0.191 e. The van der Waals surface area contributed by atoms with E-state index in [0.29, 0.717) is 12.6 Å². The molecule has 1 aromatic heterocycles. The average molecular weight is 477 g/mol. The summed E-state index contributed by atoms with van der Waals surface area (Å²) >= 11 is 0. The zero-order chi connectivity index (χ0) is 18.1. The number of nitrogens with one attached hydrogen (secondary N) is 2. The van der Waals surface area contributed by atoms with Crippen LogP contribution in [0.15, 0.2) is 4.99 Å². The fraction of sp³-hybridized carbons (Fsp3) is 0.789. The summed E-state index contributed by atoms with van der Waals surface area (Å²) in [6, 6.07) is 0. The minimum absolute atomic E-state index is 0. The Bertz CT molecular complexity index is 552. The maximum absolute atomic E-state index is 5.98. The third-order valence-electron chi connectivity index (χ3n) is 4.92. The number of aromatic nitrogens is 2. The number of ether oxygens (including phenoxy) is 1. The van der Waals surface area contributed by atoms with Crippen LogP contribution in [0.2, 0.25) is 0 Å². The number of guanidine groups is 1. The van der Waals surface area contributed by atoms with Crippen LogP contribution in [0.25, 0.3) is 0 Å². The van der Waals surface area contributed by atoms with Crippen molar-refractivity contribution in [3.63, 3.8) is 0 Å². The highest BCUT2D eigenvalue weighted by molar-refractivity contribution is 14.0. The van der Waals surface area contributed by atoms with Crippen LogP contribution in [-0.2, 0) is 18.3 Å². The third-order valence-corrected chi connectivity index (χ3v) is 4.92. The van der Waals surface area contributed by atoms with Gasteiger partial charge >= 0.3 is 0 Å². The molecular weight excluding hydrogens is 441 g/mol. The van der Waals surface area contributed by atoms with Gasteiger partial charge in [-0.25, -0.2) is 4.99 Å². The lowest BCUT2D eigenvalue weighted by molar-refractivity contribution is 0.0277. The molecule has 0 radical (unpaired) electrons. The second kappa shape index (κ2) is 12.5. The molecule has 0 saturated heterocycles. The standard InChI is InChI=1S/C19H35N5O.HI/c1-5-20-19(22-14-18-15(2)23-24(4)16(18)3)21-12-9-13-25-17-10-7-6-8-11-17;/h17H,5-14H2,1-4H3,(H2,20,21,22);1H. The highest BCUT2D eigenvalue weighted by atomic mass is 127. The Hall–Kier alpha value is -0.830. The Morgan fingerprint density at radius 3 is 2.58 bits per heavy atom. The maximum atomic E-state index is 5.98. The molecule has 1 aliphatic carbocycles. The molecule has 150 valence electrons. The van der Waals surface area contributed by atoms with E-state index in [1.165, 1.54) is 43.4 Å². The quantitative estimate of drug-likeness (QED) is 0.261. The van der Waals surface area contributed by atoms with Crippen molar-refractivity contribution in [2.75, 3.05) is 19.7 Å². The molecule has 1 saturated carbocycles. The van der Waals surface area contributed by atoms with E-state index in [0.717, 1.165) is 37.8 Å². The highest BCUT2D eigenvalue weighted by Gasteiger charge is 2.13. The van der Waals surface area contributed by atoms with Crippen LogP contribution in [0, 0.1) is 13.8 Å². The second-order valence-electron chi connectivity index (χ2n) is 6.88. The number of halogens is 1. The number of aryl methyl sites for hydroxylation is 2. The molecule has 1 fully saturated rings. The molecule has 2 N–H and O–H groups in total. The first kappa shape index (κ1) is 23.2. The van der Waals surface area contributed by atoms with Crippen molar-refractivity contribution in [1.29, 1.82) is 0 Å². The largest absolute Gasteiger partial charge is 0.378 e. The summed E-state index contributed by atoms with van der Waals surface area (Å²) in [6.07, 6.45) is 8.00. The SMILES string of the molecule is CCNC(=NCc1c(C)nn(C)c1C)NCCCOC1CCCCC1.I.